The molecule has 2 atom stereocenters. The maximum Gasteiger partial charge on any atom is 0.192 e. The van der Waals surface area contributed by atoms with E-state index in [1.54, 1.807) is 7.11 Å². The summed E-state index contributed by atoms with van der Waals surface area (Å²) < 4.78 is 17.4. The maximum atomic E-state index is 11.3. The van der Waals surface area contributed by atoms with Gasteiger partial charge in [-0.3, -0.25) is 0 Å². The summed E-state index contributed by atoms with van der Waals surface area (Å²) in [6.07, 6.45) is 1.62. The van der Waals surface area contributed by atoms with Gasteiger partial charge in [0.2, 0.25) is 0 Å². The Balaban J connectivity index is 2.54. The molecule has 0 aromatic heterocycles. The van der Waals surface area contributed by atoms with Crippen LogP contribution in [0.25, 0.3) is 0 Å². The van der Waals surface area contributed by atoms with Crippen LogP contribution in [0.4, 0.5) is 0 Å². The fourth-order valence-corrected chi connectivity index (χ4v) is 3.63. The highest BCUT2D eigenvalue weighted by atomic mass is 28.4. The van der Waals surface area contributed by atoms with E-state index in [1.165, 1.54) is 0 Å². The van der Waals surface area contributed by atoms with Crippen LogP contribution in [-0.2, 0) is 20.6 Å². The van der Waals surface area contributed by atoms with Gasteiger partial charge < -0.3 is 18.7 Å². The number of methoxy groups -OCH3 is 1. The van der Waals surface area contributed by atoms with Gasteiger partial charge in [-0.05, 0) is 42.2 Å². The number of hydrogen-bond donors (Lipinski definition) is 0. The van der Waals surface area contributed by atoms with Crippen molar-refractivity contribution in [3.63, 3.8) is 0 Å². The smallest absolute Gasteiger partial charge is 0.192 e. The Kier molecular flexibility index (Phi) is 8.31. The highest BCUT2D eigenvalue weighted by Crippen LogP contribution is 2.38. The molecule has 1 aromatic carbocycles. The molecule has 4 nitrogen and oxygen atoms in total. The first-order valence-electron chi connectivity index (χ1n) is 8.94. The van der Waals surface area contributed by atoms with Crippen molar-refractivity contribution >= 4 is 14.6 Å². The van der Waals surface area contributed by atoms with Gasteiger partial charge in [0.05, 0.1) is 19.8 Å². The van der Waals surface area contributed by atoms with E-state index in [2.05, 4.69) is 33.9 Å². The Hall–Kier alpha value is -1.17. The van der Waals surface area contributed by atoms with Crippen LogP contribution in [0.1, 0.15) is 39.7 Å². The molecule has 5 heteroatoms. The summed E-state index contributed by atoms with van der Waals surface area (Å²) in [4.78, 5) is 11.3. The second-order valence-electron chi connectivity index (χ2n) is 8.10. The van der Waals surface area contributed by atoms with Crippen LogP contribution < -0.4 is 4.74 Å². The van der Waals surface area contributed by atoms with Gasteiger partial charge in [0.25, 0.3) is 0 Å². The molecular formula is C20H34O4Si. The normalized spacial score (nSPS) is 14.8. The number of ether oxygens (including phenoxy) is 2. The SMILES string of the molecule is COc1ccc(COCC[C@@H](O[Si](C)(C)C(C)(C)C)[C@H](C)C=O)cc1. The molecule has 0 amide bonds. The van der Waals surface area contributed by atoms with Crippen LogP contribution in [0.5, 0.6) is 5.75 Å². The molecule has 0 bridgehead atoms. The van der Waals surface area contributed by atoms with E-state index in [0.717, 1.165) is 24.0 Å². The Morgan fingerprint density at radius 2 is 1.76 bits per heavy atom. The number of rotatable bonds is 10. The zero-order valence-electron chi connectivity index (χ0n) is 16.8. The number of hydrogen-bond acceptors (Lipinski definition) is 4. The molecule has 0 unspecified atom stereocenters. The second-order valence-corrected chi connectivity index (χ2v) is 12.9. The molecule has 0 spiro atoms. The van der Waals surface area contributed by atoms with E-state index in [9.17, 15) is 4.79 Å². The van der Waals surface area contributed by atoms with E-state index < -0.39 is 8.32 Å². The Morgan fingerprint density at radius 1 is 1.16 bits per heavy atom. The standard InChI is InChI=1S/C20H34O4Si/c1-16(14-21)19(24-25(6,7)20(2,3)4)12-13-23-15-17-8-10-18(22-5)11-9-17/h8-11,14,16,19H,12-13,15H2,1-7H3/t16-,19-/m1/s1. The average molecular weight is 367 g/mol. The third-order valence-electron chi connectivity index (χ3n) is 5.03. The molecule has 0 N–H and O–H groups in total. The third-order valence-corrected chi connectivity index (χ3v) is 9.53. The first-order chi connectivity index (χ1) is 11.6. The zero-order valence-corrected chi connectivity index (χ0v) is 17.8. The fraction of sp³-hybridized carbons (Fsp3) is 0.650. The van der Waals surface area contributed by atoms with Crippen LogP contribution in [0.15, 0.2) is 24.3 Å². The molecule has 0 aliphatic carbocycles. The van der Waals surface area contributed by atoms with Crippen LogP contribution in [0.3, 0.4) is 0 Å². The van der Waals surface area contributed by atoms with Crippen molar-refractivity contribution in [1.82, 2.24) is 0 Å². The molecule has 25 heavy (non-hydrogen) atoms. The summed E-state index contributed by atoms with van der Waals surface area (Å²) in [5, 5.41) is 0.123. The molecular weight excluding hydrogens is 332 g/mol. The summed E-state index contributed by atoms with van der Waals surface area (Å²) in [7, 11) is -0.255. The van der Waals surface area contributed by atoms with Gasteiger partial charge >= 0.3 is 0 Å². The molecule has 1 rings (SSSR count). The van der Waals surface area contributed by atoms with Crippen molar-refractivity contribution in [2.45, 2.75) is 65.0 Å². The highest BCUT2D eigenvalue weighted by Gasteiger charge is 2.40. The molecule has 0 saturated carbocycles. The number of carbonyl (C=O) groups excluding carboxylic acids is 1. The minimum Gasteiger partial charge on any atom is -0.497 e. The van der Waals surface area contributed by atoms with Crippen molar-refractivity contribution in [3.8, 4) is 5.75 Å². The molecule has 0 saturated heterocycles. The molecule has 0 aliphatic heterocycles. The Bertz CT molecular complexity index is 519. The van der Waals surface area contributed by atoms with Crippen molar-refractivity contribution < 1.29 is 18.7 Å². The predicted molar refractivity (Wildman–Crippen MR) is 105 cm³/mol. The third kappa shape index (κ3) is 6.92. The lowest BCUT2D eigenvalue weighted by molar-refractivity contribution is -0.113. The fourth-order valence-electron chi connectivity index (χ4n) is 2.18. The van der Waals surface area contributed by atoms with Gasteiger partial charge in [-0.1, -0.05) is 39.8 Å². The molecule has 0 aliphatic rings. The van der Waals surface area contributed by atoms with Crippen LogP contribution in [0.2, 0.25) is 18.1 Å². The summed E-state index contributed by atoms with van der Waals surface area (Å²) >= 11 is 0. The monoisotopic (exact) mass is 366 g/mol. The molecule has 142 valence electrons. The number of carbonyl (C=O) groups is 1. The molecule has 0 heterocycles. The predicted octanol–water partition coefficient (Wildman–Crippen LogP) is 4.83. The number of aldehydes is 1. The van der Waals surface area contributed by atoms with Crippen molar-refractivity contribution in [1.29, 1.82) is 0 Å². The number of benzene rings is 1. The van der Waals surface area contributed by atoms with E-state index in [4.69, 9.17) is 13.9 Å². The zero-order chi connectivity index (χ0) is 19.1. The summed E-state index contributed by atoms with van der Waals surface area (Å²) in [6.45, 7) is 14.1. The quantitative estimate of drug-likeness (QED) is 0.338. The van der Waals surface area contributed by atoms with Gasteiger partial charge in [-0.25, -0.2) is 0 Å². The maximum absolute atomic E-state index is 11.3. The van der Waals surface area contributed by atoms with Crippen LogP contribution in [-0.4, -0.2) is 34.4 Å². The summed E-state index contributed by atoms with van der Waals surface area (Å²) in [6, 6.07) is 7.85. The lowest BCUT2D eigenvalue weighted by Crippen LogP contribution is -2.46. The lowest BCUT2D eigenvalue weighted by Gasteiger charge is -2.40. The molecule has 0 fully saturated rings. The minimum absolute atomic E-state index is 0.0886. The Morgan fingerprint density at radius 3 is 2.24 bits per heavy atom. The first-order valence-corrected chi connectivity index (χ1v) is 11.9. The van der Waals surface area contributed by atoms with E-state index in [1.807, 2.05) is 31.2 Å². The van der Waals surface area contributed by atoms with Gasteiger partial charge in [0.15, 0.2) is 8.32 Å². The van der Waals surface area contributed by atoms with E-state index >= 15 is 0 Å². The van der Waals surface area contributed by atoms with E-state index in [-0.39, 0.29) is 17.1 Å². The average Bonchev–Trinajstić information content (AvgIpc) is 2.56. The van der Waals surface area contributed by atoms with Crippen LogP contribution >= 0.6 is 0 Å². The largest absolute Gasteiger partial charge is 0.497 e. The highest BCUT2D eigenvalue weighted by molar-refractivity contribution is 6.74. The lowest BCUT2D eigenvalue weighted by atomic mass is 10.0. The van der Waals surface area contributed by atoms with Crippen molar-refractivity contribution in [2.75, 3.05) is 13.7 Å². The van der Waals surface area contributed by atoms with Crippen molar-refractivity contribution in [3.05, 3.63) is 29.8 Å². The minimum atomic E-state index is -1.91. The molecule has 1 aromatic rings. The first kappa shape index (κ1) is 21.9. The van der Waals surface area contributed by atoms with Crippen LogP contribution in [0, 0.1) is 5.92 Å². The second kappa shape index (κ2) is 9.50. The topological polar surface area (TPSA) is 44.8 Å². The van der Waals surface area contributed by atoms with Gasteiger partial charge in [-0.15, -0.1) is 0 Å². The van der Waals surface area contributed by atoms with Gasteiger partial charge in [-0.2, -0.15) is 0 Å². The Labute approximate surface area is 154 Å². The van der Waals surface area contributed by atoms with Gasteiger partial charge in [0, 0.05) is 12.5 Å². The van der Waals surface area contributed by atoms with E-state index in [0.29, 0.717) is 13.2 Å². The summed E-state index contributed by atoms with van der Waals surface area (Å²) in [5.74, 6) is 0.713. The summed E-state index contributed by atoms with van der Waals surface area (Å²) in [5.41, 5.74) is 1.10. The molecule has 0 radical (unpaired) electrons. The van der Waals surface area contributed by atoms with Crippen molar-refractivity contribution in [2.24, 2.45) is 5.92 Å². The van der Waals surface area contributed by atoms with Gasteiger partial charge in [0.1, 0.15) is 12.0 Å².